The smallest absolute Gasteiger partial charge is 0.191 e. The molecule has 0 bridgehead atoms. The molecule has 2 N–H and O–H groups in total. The summed E-state index contributed by atoms with van der Waals surface area (Å²) in [6.07, 6.45) is 2.53. The molecule has 0 aliphatic rings. The fourth-order valence-corrected chi connectivity index (χ4v) is 1.44. The van der Waals surface area contributed by atoms with E-state index in [0.29, 0.717) is 12.0 Å². The van der Waals surface area contributed by atoms with Crippen LogP contribution in [-0.2, 0) is 6.42 Å². The normalized spacial score (nSPS) is 13.7. The van der Waals surface area contributed by atoms with Crippen molar-refractivity contribution in [2.75, 3.05) is 13.1 Å². The molecule has 4 nitrogen and oxygen atoms in total. The van der Waals surface area contributed by atoms with Crippen LogP contribution in [0.15, 0.2) is 27.8 Å². The van der Waals surface area contributed by atoms with Crippen molar-refractivity contribution < 1.29 is 4.42 Å². The first kappa shape index (κ1) is 14.6. The summed E-state index contributed by atoms with van der Waals surface area (Å²) in [5.41, 5.74) is 0. The number of nitrogens with one attached hydrogen (secondary N) is 2. The number of nitrogens with zero attached hydrogens (tertiary/aromatic N) is 1. The maximum absolute atomic E-state index is 5.28. The van der Waals surface area contributed by atoms with E-state index in [0.717, 1.165) is 31.2 Å². The molecule has 4 heteroatoms. The van der Waals surface area contributed by atoms with Gasteiger partial charge in [-0.15, -0.1) is 0 Å². The quantitative estimate of drug-likeness (QED) is 0.603. The van der Waals surface area contributed by atoms with Crippen molar-refractivity contribution in [2.45, 2.75) is 40.2 Å². The van der Waals surface area contributed by atoms with Crippen molar-refractivity contribution in [1.82, 2.24) is 10.6 Å². The van der Waals surface area contributed by atoms with Crippen molar-refractivity contribution in [1.29, 1.82) is 0 Å². The molecule has 1 heterocycles. The minimum Gasteiger partial charge on any atom is -0.469 e. The fourth-order valence-electron chi connectivity index (χ4n) is 1.44. The Morgan fingerprint density at radius 1 is 1.39 bits per heavy atom. The van der Waals surface area contributed by atoms with Gasteiger partial charge in [0.1, 0.15) is 5.76 Å². The van der Waals surface area contributed by atoms with E-state index in [2.05, 4.69) is 43.3 Å². The third kappa shape index (κ3) is 5.25. The van der Waals surface area contributed by atoms with Crippen LogP contribution in [0.5, 0.6) is 0 Å². The number of hydrogen-bond donors (Lipinski definition) is 2. The molecule has 102 valence electrons. The number of aliphatic imine (C=N–C) groups is 1. The van der Waals surface area contributed by atoms with Gasteiger partial charge in [-0.3, -0.25) is 4.99 Å². The zero-order chi connectivity index (χ0) is 13.4. The van der Waals surface area contributed by atoms with Gasteiger partial charge in [0, 0.05) is 25.6 Å². The molecule has 18 heavy (non-hydrogen) atoms. The van der Waals surface area contributed by atoms with E-state index in [4.69, 9.17) is 4.42 Å². The summed E-state index contributed by atoms with van der Waals surface area (Å²) in [7, 11) is 0. The minimum absolute atomic E-state index is 0.409. The van der Waals surface area contributed by atoms with Crippen molar-refractivity contribution >= 4 is 5.96 Å². The van der Waals surface area contributed by atoms with Crippen LogP contribution in [0.25, 0.3) is 0 Å². The molecule has 1 aromatic heterocycles. The first-order chi connectivity index (χ1) is 8.63. The third-order valence-corrected chi connectivity index (χ3v) is 2.92. The number of hydrogen-bond acceptors (Lipinski definition) is 2. The Balaban J connectivity index is 2.44. The zero-order valence-corrected chi connectivity index (χ0v) is 11.9. The molecule has 1 unspecified atom stereocenters. The van der Waals surface area contributed by atoms with Gasteiger partial charge in [0.15, 0.2) is 5.96 Å². The second-order valence-corrected chi connectivity index (χ2v) is 4.77. The number of rotatable bonds is 6. The molecule has 0 radical (unpaired) electrons. The highest BCUT2D eigenvalue weighted by atomic mass is 16.3. The summed E-state index contributed by atoms with van der Waals surface area (Å²) in [4.78, 5) is 4.55. The van der Waals surface area contributed by atoms with Gasteiger partial charge in [-0.05, 0) is 31.9 Å². The summed E-state index contributed by atoms with van der Waals surface area (Å²) in [5, 5.41) is 6.66. The van der Waals surface area contributed by atoms with Crippen LogP contribution in [0.2, 0.25) is 0 Å². The van der Waals surface area contributed by atoms with Gasteiger partial charge >= 0.3 is 0 Å². The highest BCUT2D eigenvalue weighted by Gasteiger charge is 2.08. The molecule has 1 rings (SSSR count). The molecular weight excluding hydrogens is 226 g/mol. The summed E-state index contributed by atoms with van der Waals surface area (Å²) in [5.74, 6) is 2.44. The first-order valence-corrected chi connectivity index (χ1v) is 6.70. The summed E-state index contributed by atoms with van der Waals surface area (Å²) < 4.78 is 5.28. The maximum Gasteiger partial charge on any atom is 0.191 e. The van der Waals surface area contributed by atoms with Crippen LogP contribution in [0.3, 0.4) is 0 Å². The Labute approximate surface area is 110 Å². The van der Waals surface area contributed by atoms with E-state index in [1.54, 1.807) is 6.26 Å². The number of furan rings is 1. The Hall–Kier alpha value is -1.45. The molecule has 0 aliphatic carbocycles. The average molecular weight is 251 g/mol. The Morgan fingerprint density at radius 2 is 2.17 bits per heavy atom. The average Bonchev–Trinajstić information content (AvgIpc) is 2.82. The lowest BCUT2D eigenvalue weighted by Crippen LogP contribution is -2.44. The standard InChI is InChI=1S/C14H25N3O/c1-5-15-14(17-12(4)11(2)3)16-9-8-13-7-6-10-18-13/h6-7,10-12H,5,8-9H2,1-4H3,(H2,15,16,17). The summed E-state index contributed by atoms with van der Waals surface area (Å²) >= 11 is 0. The van der Waals surface area contributed by atoms with Crippen molar-refractivity contribution in [2.24, 2.45) is 10.9 Å². The highest BCUT2D eigenvalue weighted by molar-refractivity contribution is 5.80. The molecule has 0 saturated heterocycles. The lowest BCUT2D eigenvalue weighted by atomic mass is 10.1. The predicted molar refractivity (Wildman–Crippen MR) is 75.8 cm³/mol. The first-order valence-electron chi connectivity index (χ1n) is 6.70. The largest absolute Gasteiger partial charge is 0.469 e. The Morgan fingerprint density at radius 3 is 2.72 bits per heavy atom. The molecule has 0 fully saturated rings. The van der Waals surface area contributed by atoms with Gasteiger partial charge < -0.3 is 15.1 Å². The van der Waals surface area contributed by atoms with Crippen LogP contribution in [0, 0.1) is 5.92 Å². The Kier molecular flexibility index (Phi) is 6.33. The van der Waals surface area contributed by atoms with Crippen molar-refractivity contribution in [3.05, 3.63) is 24.2 Å². The van der Waals surface area contributed by atoms with E-state index in [-0.39, 0.29) is 0 Å². The SMILES string of the molecule is CCNC(=NCCc1ccco1)NC(C)C(C)C. The van der Waals surface area contributed by atoms with E-state index in [9.17, 15) is 0 Å². The predicted octanol–water partition coefficient (Wildman–Crippen LogP) is 2.42. The molecule has 0 aromatic carbocycles. The third-order valence-electron chi connectivity index (χ3n) is 2.92. The summed E-state index contributed by atoms with van der Waals surface area (Å²) in [6, 6.07) is 4.29. The highest BCUT2D eigenvalue weighted by Crippen LogP contribution is 2.01. The van der Waals surface area contributed by atoms with Crippen LogP contribution in [0.1, 0.15) is 33.5 Å². The van der Waals surface area contributed by atoms with E-state index >= 15 is 0 Å². The molecule has 1 aromatic rings. The molecular formula is C14H25N3O. The van der Waals surface area contributed by atoms with Crippen LogP contribution >= 0.6 is 0 Å². The fraction of sp³-hybridized carbons (Fsp3) is 0.643. The van der Waals surface area contributed by atoms with Crippen molar-refractivity contribution in [3.8, 4) is 0 Å². The molecule has 0 amide bonds. The second-order valence-electron chi connectivity index (χ2n) is 4.77. The molecule has 0 spiro atoms. The summed E-state index contributed by atoms with van der Waals surface area (Å²) in [6.45, 7) is 10.2. The van der Waals surface area contributed by atoms with Gasteiger partial charge in [-0.25, -0.2) is 0 Å². The van der Waals surface area contributed by atoms with Crippen LogP contribution in [0.4, 0.5) is 0 Å². The van der Waals surface area contributed by atoms with Crippen LogP contribution in [-0.4, -0.2) is 25.1 Å². The molecule has 0 aliphatic heterocycles. The van der Waals surface area contributed by atoms with Gasteiger partial charge in [0.05, 0.1) is 6.26 Å². The lowest BCUT2D eigenvalue weighted by Gasteiger charge is -2.20. The molecule has 0 saturated carbocycles. The van der Waals surface area contributed by atoms with Gasteiger partial charge in [0.25, 0.3) is 0 Å². The Bertz CT molecular complexity index is 344. The van der Waals surface area contributed by atoms with E-state index in [1.807, 2.05) is 12.1 Å². The minimum atomic E-state index is 0.409. The van der Waals surface area contributed by atoms with E-state index < -0.39 is 0 Å². The lowest BCUT2D eigenvalue weighted by molar-refractivity contribution is 0.480. The van der Waals surface area contributed by atoms with E-state index in [1.165, 1.54) is 0 Å². The van der Waals surface area contributed by atoms with Gasteiger partial charge in [-0.2, -0.15) is 0 Å². The zero-order valence-electron chi connectivity index (χ0n) is 11.9. The second kappa shape index (κ2) is 7.80. The molecule has 1 atom stereocenters. The topological polar surface area (TPSA) is 49.6 Å². The van der Waals surface area contributed by atoms with Crippen LogP contribution < -0.4 is 10.6 Å². The van der Waals surface area contributed by atoms with Gasteiger partial charge in [-0.1, -0.05) is 13.8 Å². The van der Waals surface area contributed by atoms with Gasteiger partial charge in [0.2, 0.25) is 0 Å². The monoisotopic (exact) mass is 251 g/mol. The maximum atomic E-state index is 5.28. The number of guanidine groups is 1. The van der Waals surface area contributed by atoms with Crippen molar-refractivity contribution in [3.63, 3.8) is 0 Å².